The predicted octanol–water partition coefficient (Wildman–Crippen LogP) is 4.57. The van der Waals surface area contributed by atoms with E-state index in [0.717, 1.165) is 23.6 Å². The van der Waals surface area contributed by atoms with Gasteiger partial charge in [-0.2, -0.15) is 0 Å². The molecule has 0 saturated carbocycles. The van der Waals surface area contributed by atoms with Crippen molar-refractivity contribution in [2.45, 2.75) is 12.5 Å². The van der Waals surface area contributed by atoms with Crippen LogP contribution in [0, 0.1) is 0 Å². The summed E-state index contributed by atoms with van der Waals surface area (Å²) in [6.07, 6.45) is 0.873. The molecule has 120 valence electrons. The number of hydrogen-bond donors (Lipinski definition) is 2. The Morgan fingerprint density at radius 3 is 2.35 bits per heavy atom. The second-order valence-electron chi connectivity index (χ2n) is 5.60. The molecule has 2 nitrogen and oxygen atoms in total. The van der Waals surface area contributed by atoms with Crippen LogP contribution in [-0.4, -0.2) is 19.1 Å². The third-order valence-electron chi connectivity index (χ3n) is 4.16. The number of nitrogens with two attached hydrogens (primary N) is 1. The zero-order valence-corrected chi connectivity index (χ0v) is 14.7. The minimum Gasteiger partial charge on any atom is -0.327 e. The van der Waals surface area contributed by atoms with E-state index < -0.39 is 0 Å². The lowest BCUT2D eigenvalue weighted by molar-refractivity contribution is 0.635. The molecule has 5 heteroatoms. The Bertz CT molecular complexity index is 738. The first-order chi connectivity index (χ1) is 11.1. The van der Waals surface area contributed by atoms with Crippen molar-refractivity contribution in [3.05, 3.63) is 74.2 Å². The standard InChI is InChI=1S/C18H17Cl3N2/c19-12-3-1-11(2-4-12)7-18-15(9-22)16(10-23-18)14-6-5-13(20)8-17(14)21/h1-6,8,18,23H,7,9-10,22H2. The van der Waals surface area contributed by atoms with Gasteiger partial charge in [0.25, 0.3) is 0 Å². The summed E-state index contributed by atoms with van der Waals surface area (Å²) in [6.45, 7) is 1.26. The molecule has 1 heterocycles. The summed E-state index contributed by atoms with van der Waals surface area (Å²) in [5.41, 5.74) is 10.6. The first kappa shape index (κ1) is 16.8. The zero-order valence-electron chi connectivity index (χ0n) is 12.5. The lowest BCUT2D eigenvalue weighted by Gasteiger charge is -2.15. The molecule has 1 atom stereocenters. The second-order valence-corrected chi connectivity index (χ2v) is 6.88. The highest BCUT2D eigenvalue weighted by atomic mass is 35.5. The second kappa shape index (κ2) is 7.25. The van der Waals surface area contributed by atoms with Gasteiger partial charge in [-0.25, -0.2) is 0 Å². The van der Waals surface area contributed by atoms with Gasteiger partial charge in [-0.15, -0.1) is 0 Å². The molecule has 0 fully saturated rings. The molecule has 2 aromatic carbocycles. The van der Waals surface area contributed by atoms with Gasteiger partial charge >= 0.3 is 0 Å². The van der Waals surface area contributed by atoms with Crippen LogP contribution in [0.5, 0.6) is 0 Å². The molecule has 2 aromatic rings. The molecule has 0 aromatic heterocycles. The normalized spacial score (nSPS) is 17.8. The van der Waals surface area contributed by atoms with E-state index in [4.69, 9.17) is 40.5 Å². The van der Waals surface area contributed by atoms with Gasteiger partial charge in [0.15, 0.2) is 0 Å². The topological polar surface area (TPSA) is 38.0 Å². The third kappa shape index (κ3) is 3.73. The Morgan fingerprint density at radius 2 is 1.70 bits per heavy atom. The summed E-state index contributed by atoms with van der Waals surface area (Å²) in [5, 5.41) is 5.58. The number of hydrogen-bond acceptors (Lipinski definition) is 2. The number of nitrogens with one attached hydrogen (secondary N) is 1. The maximum atomic E-state index is 6.36. The first-order valence-corrected chi connectivity index (χ1v) is 8.57. The van der Waals surface area contributed by atoms with E-state index in [9.17, 15) is 0 Å². The minimum atomic E-state index is 0.211. The van der Waals surface area contributed by atoms with Crippen LogP contribution in [0.4, 0.5) is 0 Å². The Kier molecular flexibility index (Phi) is 5.30. The van der Waals surface area contributed by atoms with E-state index in [0.29, 0.717) is 16.6 Å². The van der Waals surface area contributed by atoms with Crippen LogP contribution in [0.25, 0.3) is 5.57 Å². The summed E-state index contributed by atoms with van der Waals surface area (Å²) < 4.78 is 0. The van der Waals surface area contributed by atoms with Crippen molar-refractivity contribution in [2.75, 3.05) is 13.1 Å². The van der Waals surface area contributed by atoms with Gasteiger partial charge in [-0.05, 0) is 53.0 Å². The van der Waals surface area contributed by atoms with Crippen molar-refractivity contribution in [1.82, 2.24) is 5.32 Å². The SMILES string of the molecule is NCC1=C(c2ccc(Cl)cc2Cl)CNC1Cc1ccc(Cl)cc1. The number of benzene rings is 2. The lowest BCUT2D eigenvalue weighted by atomic mass is 9.95. The quantitative estimate of drug-likeness (QED) is 0.830. The zero-order chi connectivity index (χ0) is 16.4. The Hall–Kier alpha value is -1.03. The fourth-order valence-electron chi connectivity index (χ4n) is 2.99. The predicted molar refractivity (Wildman–Crippen MR) is 99.4 cm³/mol. The number of halogens is 3. The van der Waals surface area contributed by atoms with E-state index in [-0.39, 0.29) is 6.04 Å². The Morgan fingerprint density at radius 1 is 1.00 bits per heavy atom. The molecule has 3 N–H and O–H groups in total. The van der Waals surface area contributed by atoms with E-state index in [1.54, 1.807) is 6.07 Å². The Balaban J connectivity index is 1.89. The summed E-state index contributed by atoms with van der Waals surface area (Å²) >= 11 is 18.3. The molecule has 1 aliphatic rings. The summed E-state index contributed by atoms with van der Waals surface area (Å²) in [7, 11) is 0. The van der Waals surface area contributed by atoms with Crippen molar-refractivity contribution >= 4 is 40.4 Å². The van der Waals surface area contributed by atoms with Crippen molar-refractivity contribution in [3.63, 3.8) is 0 Å². The molecule has 23 heavy (non-hydrogen) atoms. The lowest BCUT2D eigenvalue weighted by Crippen LogP contribution is -2.29. The van der Waals surface area contributed by atoms with E-state index >= 15 is 0 Å². The van der Waals surface area contributed by atoms with Gasteiger partial charge in [-0.3, -0.25) is 0 Å². The van der Waals surface area contributed by atoms with Crippen molar-refractivity contribution < 1.29 is 0 Å². The first-order valence-electron chi connectivity index (χ1n) is 7.43. The average Bonchev–Trinajstić information content (AvgIpc) is 2.92. The highest BCUT2D eigenvalue weighted by molar-refractivity contribution is 6.35. The molecule has 0 bridgehead atoms. The highest BCUT2D eigenvalue weighted by Crippen LogP contribution is 2.33. The fraction of sp³-hybridized carbons (Fsp3) is 0.222. The fourth-order valence-corrected chi connectivity index (χ4v) is 3.64. The molecule has 1 unspecified atom stereocenters. The number of rotatable bonds is 4. The van der Waals surface area contributed by atoms with Gasteiger partial charge in [0, 0.05) is 34.2 Å². The molecule has 0 spiro atoms. The van der Waals surface area contributed by atoms with Gasteiger partial charge in [-0.1, -0.05) is 53.0 Å². The minimum absolute atomic E-state index is 0.211. The van der Waals surface area contributed by atoms with Crippen molar-refractivity contribution in [1.29, 1.82) is 0 Å². The van der Waals surface area contributed by atoms with E-state index in [2.05, 4.69) is 5.32 Å². The smallest absolute Gasteiger partial charge is 0.0496 e. The van der Waals surface area contributed by atoms with Crippen molar-refractivity contribution in [3.8, 4) is 0 Å². The van der Waals surface area contributed by atoms with Gasteiger partial charge in [0.05, 0.1) is 0 Å². The maximum absolute atomic E-state index is 6.36. The summed E-state index contributed by atoms with van der Waals surface area (Å²) in [6, 6.07) is 13.7. The van der Waals surface area contributed by atoms with Crippen LogP contribution < -0.4 is 11.1 Å². The van der Waals surface area contributed by atoms with E-state index in [1.165, 1.54) is 16.7 Å². The third-order valence-corrected chi connectivity index (χ3v) is 4.96. The highest BCUT2D eigenvalue weighted by Gasteiger charge is 2.26. The Labute approximate surface area is 151 Å². The molecule has 0 saturated heterocycles. The van der Waals surface area contributed by atoms with Crippen LogP contribution in [0.15, 0.2) is 48.0 Å². The van der Waals surface area contributed by atoms with Crippen LogP contribution >= 0.6 is 34.8 Å². The monoisotopic (exact) mass is 366 g/mol. The maximum Gasteiger partial charge on any atom is 0.0496 e. The largest absolute Gasteiger partial charge is 0.327 e. The van der Waals surface area contributed by atoms with Gasteiger partial charge < -0.3 is 11.1 Å². The summed E-state index contributed by atoms with van der Waals surface area (Å²) in [4.78, 5) is 0. The average molecular weight is 368 g/mol. The van der Waals surface area contributed by atoms with Crippen LogP contribution in [0.1, 0.15) is 11.1 Å². The van der Waals surface area contributed by atoms with Gasteiger partial charge in [0.1, 0.15) is 0 Å². The molecular weight excluding hydrogens is 351 g/mol. The molecule has 3 rings (SSSR count). The van der Waals surface area contributed by atoms with E-state index in [1.807, 2.05) is 36.4 Å². The van der Waals surface area contributed by atoms with Crippen LogP contribution in [0.2, 0.25) is 15.1 Å². The molecular formula is C18H17Cl3N2. The van der Waals surface area contributed by atoms with Crippen molar-refractivity contribution in [2.24, 2.45) is 5.73 Å². The summed E-state index contributed by atoms with van der Waals surface area (Å²) in [5.74, 6) is 0. The molecule has 0 amide bonds. The molecule has 0 radical (unpaired) electrons. The van der Waals surface area contributed by atoms with Crippen LogP contribution in [0.3, 0.4) is 0 Å². The molecule has 1 aliphatic heterocycles. The van der Waals surface area contributed by atoms with Crippen LogP contribution in [-0.2, 0) is 6.42 Å². The van der Waals surface area contributed by atoms with Gasteiger partial charge in [0.2, 0.25) is 0 Å². The molecule has 0 aliphatic carbocycles.